The molecule has 1 aliphatic heterocycles. The van der Waals surface area contributed by atoms with Crippen molar-refractivity contribution < 1.29 is 19.4 Å². The third-order valence-electron chi connectivity index (χ3n) is 3.90. The summed E-state index contributed by atoms with van der Waals surface area (Å²) in [6.07, 6.45) is 3.24. The molecule has 2 rings (SSSR count). The first-order valence-corrected chi connectivity index (χ1v) is 9.21. The summed E-state index contributed by atoms with van der Waals surface area (Å²) in [5.74, 6) is -1.19. The zero-order valence-electron chi connectivity index (χ0n) is 12.0. The van der Waals surface area contributed by atoms with Gasteiger partial charge in [-0.15, -0.1) is 0 Å². The lowest BCUT2D eigenvalue weighted by molar-refractivity contribution is -0.136. The average Bonchev–Trinajstić information content (AvgIpc) is 2.46. The first-order valence-electron chi connectivity index (χ1n) is 7.29. The van der Waals surface area contributed by atoms with Gasteiger partial charge in [0.25, 0.3) is 0 Å². The molecule has 0 saturated carbocycles. The number of rotatable bonds is 6. The highest BCUT2D eigenvalue weighted by Gasteiger charge is 2.38. The molecule has 2 N–H and O–H groups in total. The minimum atomic E-state index is -3.77. The Morgan fingerprint density at radius 2 is 1.81 bits per heavy atom. The second-order valence-electron chi connectivity index (χ2n) is 5.62. The number of carbonyl (C=O) groups is 1. The number of hydrogen-bond acceptors (Lipinski definition) is 3. The molecule has 1 aromatic rings. The smallest absolute Gasteiger partial charge is 0.316 e. The maximum Gasteiger partial charge on any atom is 0.316 e. The fourth-order valence-electron chi connectivity index (χ4n) is 2.73. The van der Waals surface area contributed by atoms with Gasteiger partial charge in [0, 0.05) is 0 Å². The van der Waals surface area contributed by atoms with Crippen LogP contribution in [0.2, 0.25) is 0 Å². The number of carboxylic acid groups (broad SMARTS) is 1. The van der Waals surface area contributed by atoms with E-state index in [0.717, 1.165) is 37.9 Å². The van der Waals surface area contributed by atoms with Crippen LogP contribution >= 0.6 is 7.37 Å². The van der Waals surface area contributed by atoms with E-state index in [1.54, 1.807) is 24.3 Å². The maximum absolute atomic E-state index is 12.6. The van der Waals surface area contributed by atoms with Crippen molar-refractivity contribution in [2.75, 3.05) is 19.4 Å². The molecule has 0 aliphatic carbocycles. The second-order valence-corrected chi connectivity index (χ2v) is 8.04. The van der Waals surface area contributed by atoms with Crippen molar-refractivity contribution in [2.24, 2.45) is 0 Å². The Balaban J connectivity index is 2.08. The fourth-order valence-corrected chi connectivity index (χ4v) is 4.62. The van der Waals surface area contributed by atoms with E-state index in [0.29, 0.717) is 0 Å². The van der Waals surface area contributed by atoms with Gasteiger partial charge >= 0.3 is 5.97 Å². The third-order valence-corrected chi connectivity index (χ3v) is 6.08. The molecule has 5 nitrogen and oxygen atoms in total. The summed E-state index contributed by atoms with van der Waals surface area (Å²) in [5, 5.41) is 9.35. The third kappa shape index (κ3) is 4.67. The molecule has 1 aliphatic rings. The van der Waals surface area contributed by atoms with Crippen LogP contribution in [0.15, 0.2) is 30.3 Å². The van der Waals surface area contributed by atoms with Crippen LogP contribution in [-0.2, 0) is 15.8 Å². The lowest BCUT2D eigenvalue weighted by Gasteiger charge is -2.30. The van der Waals surface area contributed by atoms with Crippen LogP contribution in [-0.4, -0.2) is 45.9 Å². The van der Waals surface area contributed by atoms with E-state index in [4.69, 9.17) is 0 Å². The Morgan fingerprint density at radius 1 is 1.19 bits per heavy atom. The number of benzene rings is 1. The van der Waals surface area contributed by atoms with Gasteiger partial charge in [-0.1, -0.05) is 36.8 Å². The Kier molecular flexibility index (Phi) is 5.57. The average molecular weight is 311 g/mol. The van der Waals surface area contributed by atoms with Gasteiger partial charge in [0.2, 0.25) is 7.37 Å². The number of nitrogens with zero attached hydrogens (tertiary/aromatic N) is 1. The van der Waals surface area contributed by atoms with Crippen LogP contribution in [0.5, 0.6) is 0 Å². The topological polar surface area (TPSA) is 77.8 Å². The highest BCUT2D eigenvalue weighted by molar-refractivity contribution is 7.59. The normalized spacial score (nSPS) is 20.6. The minimum absolute atomic E-state index is 0.0171. The van der Waals surface area contributed by atoms with Gasteiger partial charge in [-0.25, -0.2) is 0 Å². The van der Waals surface area contributed by atoms with Gasteiger partial charge < -0.3 is 10.00 Å². The molecule has 116 valence electrons. The molecule has 6 heteroatoms. The summed E-state index contributed by atoms with van der Waals surface area (Å²) in [4.78, 5) is 23.7. The minimum Gasteiger partial charge on any atom is -0.481 e. The van der Waals surface area contributed by atoms with Crippen LogP contribution in [0.3, 0.4) is 0 Å². The number of likely N-dealkylation sites (tertiary alicyclic amines) is 1. The lowest BCUT2D eigenvalue weighted by Crippen LogP contribution is -2.34. The predicted octanol–water partition coefficient (Wildman–Crippen LogP) is 2.40. The number of hydrogen-bond donors (Lipinski definition) is 2. The summed E-state index contributed by atoms with van der Waals surface area (Å²) >= 11 is 0. The van der Waals surface area contributed by atoms with Gasteiger partial charge in [-0.2, -0.15) is 0 Å². The van der Waals surface area contributed by atoms with Gasteiger partial charge in [0.05, 0.1) is 6.29 Å². The SMILES string of the molecule is O=C(O)C(Cc1ccccc1)P(=O)(O)CN1CCCCC1. The lowest BCUT2D eigenvalue weighted by atomic mass is 10.1. The van der Waals surface area contributed by atoms with E-state index in [9.17, 15) is 19.4 Å². The van der Waals surface area contributed by atoms with Crippen molar-refractivity contribution in [3.63, 3.8) is 0 Å². The second kappa shape index (κ2) is 7.21. The highest BCUT2D eigenvalue weighted by atomic mass is 31.2. The van der Waals surface area contributed by atoms with E-state index >= 15 is 0 Å². The first-order chi connectivity index (χ1) is 9.99. The molecule has 0 radical (unpaired) electrons. The standard InChI is InChI=1S/C15H22NO4P/c17-15(18)14(11-13-7-3-1-4-8-13)21(19,20)12-16-9-5-2-6-10-16/h1,3-4,7-8,14H,2,5-6,9-12H2,(H,17,18)(H,19,20). The quantitative estimate of drug-likeness (QED) is 0.789. The first kappa shape index (κ1) is 16.2. The molecular weight excluding hydrogens is 289 g/mol. The number of piperidine rings is 1. The Morgan fingerprint density at radius 3 is 2.38 bits per heavy atom. The van der Waals surface area contributed by atoms with E-state index in [1.807, 2.05) is 11.0 Å². The van der Waals surface area contributed by atoms with Crippen LogP contribution in [0.25, 0.3) is 0 Å². The molecule has 1 saturated heterocycles. The largest absolute Gasteiger partial charge is 0.481 e. The molecule has 1 fully saturated rings. The molecule has 0 bridgehead atoms. The molecule has 1 aromatic carbocycles. The Hall–Kier alpha value is -1.16. The van der Waals surface area contributed by atoms with E-state index in [1.165, 1.54) is 0 Å². The van der Waals surface area contributed by atoms with Crippen LogP contribution in [0.4, 0.5) is 0 Å². The van der Waals surface area contributed by atoms with Crippen molar-refractivity contribution in [1.29, 1.82) is 0 Å². The van der Waals surface area contributed by atoms with Gasteiger partial charge in [0.1, 0.15) is 5.66 Å². The molecule has 2 unspecified atom stereocenters. The van der Waals surface area contributed by atoms with Crippen LogP contribution in [0.1, 0.15) is 24.8 Å². The summed E-state index contributed by atoms with van der Waals surface area (Å²) in [5.41, 5.74) is -0.459. The van der Waals surface area contributed by atoms with Crippen molar-refractivity contribution in [3.05, 3.63) is 35.9 Å². The van der Waals surface area contributed by atoms with Gasteiger partial charge in [0.15, 0.2) is 0 Å². The van der Waals surface area contributed by atoms with E-state index in [2.05, 4.69) is 0 Å². The van der Waals surface area contributed by atoms with E-state index in [-0.39, 0.29) is 12.7 Å². The summed E-state index contributed by atoms with van der Waals surface area (Å²) < 4.78 is 12.6. The molecule has 2 atom stereocenters. The monoisotopic (exact) mass is 311 g/mol. The highest BCUT2D eigenvalue weighted by Crippen LogP contribution is 2.48. The Labute approximate surface area is 125 Å². The fraction of sp³-hybridized carbons (Fsp3) is 0.533. The molecule has 0 amide bonds. The molecular formula is C15H22NO4P. The van der Waals surface area contributed by atoms with Crippen molar-refractivity contribution in [3.8, 4) is 0 Å². The van der Waals surface area contributed by atoms with Crippen molar-refractivity contribution in [2.45, 2.75) is 31.3 Å². The summed E-state index contributed by atoms with van der Waals surface area (Å²) in [7, 11) is -3.77. The summed E-state index contributed by atoms with van der Waals surface area (Å²) in [6, 6.07) is 9.03. The number of aliphatic carboxylic acids is 1. The van der Waals surface area contributed by atoms with E-state index < -0.39 is 19.0 Å². The predicted molar refractivity (Wildman–Crippen MR) is 81.7 cm³/mol. The van der Waals surface area contributed by atoms with Crippen molar-refractivity contribution >= 4 is 13.3 Å². The van der Waals surface area contributed by atoms with Crippen LogP contribution in [0, 0.1) is 0 Å². The summed E-state index contributed by atoms with van der Waals surface area (Å²) in [6.45, 7) is 1.56. The maximum atomic E-state index is 12.6. The molecule has 21 heavy (non-hydrogen) atoms. The van der Waals surface area contributed by atoms with Crippen molar-refractivity contribution in [1.82, 2.24) is 4.90 Å². The zero-order valence-corrected chi connectivity index (χ0v) is 12.9. The molecule has 1 heterocycles. The van der Waals surface area contributed by atoms with Gasteiger partial charge in [-0.3, -0.25) is 14.3 Å². The molecule has 0 spiro atoms. The number of carboxylic acids is 1. The van der Waals surface area contributed by atoms with Crippen LogP contribution < -0.4 is 0 Å². The zero-order chi connectivity index (χ0) is 15.3. The molecule has 0 aromatic heterocycles. The van der Waals surface area contributed by atoms with Gasteiger partial charge in [-0.05, 0) is 37.9 Å². The Bertz CT molecular complexity index is 514.